The smallest absolute Gasteiger partial charge is 0.0656 e. The molecule has 0 aliphatic heterocycles. The highest BCUT2D eigenvalue weighted by atomic mass is 79.9. The van der Waals surface area contributed by atoms with Crippen molar-refractivity contribution in [3.63, 3.8) is 0 Å². The maximum absolute atomic E-state index is 3.78. The molecular weight excluding hydrogens is 420 g/mol. The third-order valence-corrected chi connectivity index (χ3v) is 9.51. The molecule has 0 N–H and O–H groups in total. The van der Waals surface area contributed by atoms with E-state index < -0.39 is 8.07 Å². The van der Waals surface area contributed by atoms with E-state index in [4.69, 9.17) is 0 Å². The Balaban J connectivity index is 2.31. The molecular formula is C26H37BrSi. The lowest BCUT2D eigenvalue weighted by atomic mass is 9.67. The molecule has 0 spiro atoms. The van der Waals surface area contributed by atoms with E-state index in [9.17, 15) is 0 Å². The van der Waals surface area contributed by atoms with Gasteiger partial charge in [-0.25, -0.2) is 0 Å². The third-order valence-electron chi connectivity index (χ3n) is 6.98. The molecule has 28 heavy (non-hydrogen) atoms. The zero-order chi connectivity index (χ0) is 20.7. The Morgan fingerprint density at radius 2 is 1.32 bits per heavy atom. The largest absolute Gasteiger partial charge is 0.0776 e. The fourth-order valence-electron chi connectivity index (χ4n) is 4.94. The molecule has 0 heterocycles. The minimum atomic E-state index is -1.36. The van der Waals surface area contributed by atoms with Crippen LogP contribution in [0.1, 0.15) is 64.5 Å². The van der Waals surface area contributed by atoms with Crippen molar-refractivity contribution in [2.75, 3.05) is 0 Å². The summed E-state index contributed by atoms with van der Waals surface area (Å²) >= 11 is 3.78. The number of hydrogen-bond donors (Lipinski definition) is 0. The van der Waals surface area contributed by atoms with E-state index in [1.54, 1.807) is 16.3 Å². The number of fused-ring (bicyclic) bond motifs is 3. The second-order valence-electron chi connectivity index (χ2n) is 10.2. The Morgan fingerprint density at radius 3 is 1.82 bits per heavy atom. The predicted octanol–water partition coefficient (Wildman–Crippen LogP) is 8.13. The van der Waals surface area contributed by atoms with Gasteiger partial charge in [-0.1, -0.05) is 106 Å². The van der Waals surface area contributed by atoms with Crippen LogP contribution < -0.4 is 5.19 Å². The van der Waals surface area contributed by atoms with Crippen LogP contribution >= 0.6 is 15.9 Å². The Morgan fingerprint density at radius 1 is 0.821 bits per heavy atom. The van der Waals surface area contributed by atoms with E-state index in [1.165, 1.54) is 41.3 Å². The SMILES string of the molecule is CCC(C)CC1(CC(C)CC)c2cc(Br)ccc2-c2ccc([Si](C)(C)C)cc21. The molecule has 3 rings (SSSR count). The maximum atomic E-state index is 3.78. The van der Waals surface area contributed by atoms with Crippen LogP contribution in [0.15, 0.2) is 40.9 Å². The normalized spacial score (nSPS) is 20.6. The van der Waals surface area contributed by atoms with Gasteiger partial charge in [-0.3, -0.25) is 0 Å². The van der Waals surface area contributed by atoms with Gasteiger partial charge in [0.1, 0.15) is 0 Å². The van der Waals surface area contributed by atoms with Crippen molar-refractivity contribution in [3.8, 4) is 11.1 Å². The van der Waals surface area contributed by atoms with Crippen LogP contribution in [0.25, 0.3) is 11.1 Å². The average molecular weight is 458 g/mol. The molecule has 1 aliphatic carbocycles. The maximum Gasteiger partial charge on any atom is 0.0776 e. The molecule has 2 heteroatoms. The zero-order valence-electron chi connectivity index (χ0n) is 18.8. The minimum Gasteiger partial charge on any atom is -0.0656 e. The van der Waals surface area contributed by atoms with Gasteiger partial charge in [-0.15, -0.1) is 0 Å². The lowest BCUT2D eigenvalue weighted by Gasteiger charge is -2.37. The highest BCUT2D eigenvalue weighted by Crippen LogP contribution is 2.55. The van der Waals surface area contributed by atoms with E-state index >= 15 is 0 Å². The molecule has 0 radical (unpaired) electrons. The summed E-state index contributed by atoms with van der Waals surface area (Å²) in [6.45, 7) is 17.0. The van der Waals surface area contributed by atoms with Gasteiger partial charge >= 0.3 is 0 Å². The predicted molar refractivity (Wildman–Crippen MR) is 131 cm³/mol. The van der Waals surface area contributed by atoms with E-state index in [1.807, 2.05) is 0 Å². The first kappa shape index (κ1) is 21.8. The monoisotopic (exact) mass is 456 g/mol. The Labute approximate surface area is 182 Å². The van der Waals surface area contributed by atoms with Crippen molar-refractivity contribution in [1.82, 2.24) is 0 Å². The van der Waals surface area contributed by atoms with Crippen molar-refractivity contribution in [1.29, 1.82) is 0 Å². The molecule has 0 saturated carbocycles. The number of halogens is 1. The fourth-order valence-corrected chi connectivity index (χ4v) is 6.46. The molecule has 152 valence electrons. The first-order chi connectivity index (χ1) is 13.1. The van der Waals surface area contributed by atoms with E-state index in [-0.39, 0.29) is 5.41 Å². The van der Waals surface area contributed by atoms with Crippen molar-refractivity contribution in [2.24, 2.45) is 11.8 Å². The van der Waals surface area contributed by atoms with Crippen LogP contribution in [0, 0.1) is 11.8 Å². The number of benzene rings is 2. The first-order valence-electron chi connectivity index (χ1n) is 11.1. The van der Waals surface area contributed by atoms with Gasteiger partial charge < -0.3 is 0 Å². The summed E-state index contributed by atoms with van der Waals surface area (Å²) in [5, 5.41) is 1.59. The van der Waals surface area contributed by atoms with Crippen LogP contribution in [-0.4, -0.2) is 8.07 Å². The molecule has 0 nitrogen and oxygen atoms in total. The van der Waals surface area contributed by atoms with Gasteiger partial charge in [0.05, 0.1) is 8.07 Å². The number of rotatable bonds is 7. The van der Waals surface area contributed by atoms with Crippen molar-refractivity contribution in [3.05, 3.63) is 52.0 Å². The summed E-state index contributed by atoms with van der Waals surface area (Å²) in [5.74, 6) is 1.44. The van der Waals surface area contributed by atoms with E-state index in [0.717, 1.165) is 11.8 Å². The topological polar surface area (TPSA) is 0 Å². The average Bonchev–Trinajstić information content (AvgIpc) is 2.89. The van der Waals surface area contributed by atoms with E-state index in [0.29, 0.717) is 0 Å². The van der Waals surface area contributed by atoms with Crippen molar-refractivity contribution >= 4 is 29.2 Å². The van der Waals surface area contributed by atoms with Gasteiger partial charge in [-0.05, 0) is 59.1 Å². The summed E-state index contributed by atoms with van der Waals surface area (Å²) in [5.41, 5.74) is 6.27. The first-order valence-corrected chi connectivity index (χ1v) is 15.4. The molecule has 0 aromatic heterocycles. The zero-order valence-corrected chi connectivity index (χ0v) is 21.4. The minimum absolute atomic E-state index is 0.148. The van der Waals surface area contributed by atoms with Gasteiger partial charge in [0.15, 0.2) is 0 Å². The van der Waals surface area contributed by atoms with Gasteiger partial charge in [0.2, 0.25) is 0 Å². The summed E-state index contributed by atoms with van der Waals surface area (Å²) in [4.78, 5) is 0. The Bertz CT molecular complexity index is 834. The van der Waals surface area contributed by atoms with Crippen LogP contribution in [-0.2, 0) is 5.41 Å². The molecule has 1 aliphatic rings. The highest BCUT2D eigenvalue weighted by Gasteiger charge is 2.44. The molecule has 2 aromatic carbocycles. The van der Waals surface area contributed by atoms with E-state index in [2.05, 4.69) is 99.7 Å². The Kier molecular flexibility index (Phi) is 6.32. The van der Waals surface area contributed by atoms with Crippen LogP contribution in [0.5, 0.6) is 0 Å². The van der Waals surface area contributed by atoms with Crippen molar-refractivity contribution < 1.29 is 0 Å². The van der Waals surface area contributed by atoms with Gasteiger partial charge in [0, 0.05) is 9.89 Å². The summed E-state index contributed by atoms with van der Waals surface area (Å²) < 4.78 is 1.21. The molecule has 2 atom stereocenters. The van der Waals surface area contributed by atoms with Gasteiger partial charge in [-0.2, -0.15) is 0 Å². The summed E-state index contributed by atoms with van der Waals surface area (Å²) in [7, 11) is -1.36. The van der Waals surface area contributed by atoms with Crippen molar-refractivity contribution in [2.45, 2.75) is 78.4 Å². The Hall–Kier alpha value is -0.863. The molecule has 0 bridgehead atoms. The summed E-state index contributed by atoms with van der Waals surface area (Å²) in [6.07, 6.45) is 4.99. The lowest BCUT2D eigenvalue weighted by molar-refractivity contribution is 0.308. The standard InChI is InChI=1S/C26H37BrSi/c1-8-18(3)16-26(17-19(4)9-2)24-14-20(27)10-12-22(24)23-13-11-21(15-25(23)26)28(5,6)7/h10-15,18-19H,8-9,16-17H2,1-7H3. The quantitative estimate of drug-likeness (QED) is 0.368. The second kappa shape index (κ2) is 8.11. The molecule has 0 fully saturated rings. The molecule has 0 amide bonds. The van der Waals surface area contributed by atoms with Crippen LogP contribution in [0.4, 0.5) is 0 Å². The molecule has 2 unspecified atom stereocenters. The molecule has 2 aromatic rings. The second-order valence-corrected chi connectivity index (χ2v) is 16.2. The summed E-state index contributed by atoms with van der Waals surface area (Å²) in [6, 6.07) is 14.5. The lowest BCUT2D eigenvalue weighted by Crippen LogP contribution is -2.39. The van der Waals surface area contributed by atoms with Crippen LogP contribution in [0.3, 0.4) is 0 Å². The fraction of sp³-hybridized carbons (Fsp3) is 0.538. The number of hydrogen-bond acceptors (Lipinski definition) is 0. The third kappa shape index (κ3) is 3.92. The van der Waals surface area contributed by atoms with Crippen LogP contribution in [0.2, 0.25) is 19.6 Å². The molecule has 0 saturated heterocycles. The van der Waals surface area contributed by atoms with Gasteiger partial charge in [0.25, 0.3) is 0 Å². The highest BCUT2D eigenvalue weighted by molar-refractivity contribution is 9.10.